The molecule has 0 aliphatic carbocycles. The average molecular weight is 704 g/mol. The monoisotopic (exact) mass is 703 g/mol. The predicted molar refractivity (Wildman–Crippen MR) is 190 cm³/mol. The van der Waals surface area contributed by atoms with Crippen LogP contribution < -0.4 is 15.0 Å². The highest BCUT2D eigenvalue weighted by Gasteiger charge is 2.75. The van der Waals surface area contributed by atoms with Gasteiger partial charge < -0.3 is 39.2 Å². The van der Waals surface area contributed by atoms with Crippen molar-refractivity contribution in [2.24, 2.45) is 11.8 Å². The van der Waals surface area contributed by atoms with Gasteiger partial charge in [0.05, 0.1) is 50.3 Å². The molecule has 5 rings (SSSR count). The van der Waals surface area contributed by atoms with Crippen LogP contribution in [0, 0.1) is 11.8 Å². The molecule has 0 unspecified atom stereocenters. The quantitative estimate of drug-likeness (QED) is 0.175. The Morgan fingerprint density at radius 3 is 2.45 bits per heavy atom. The van der Waals surface area contributed by atoms with Gasteiger partial charge in [0, 0.05) is 25.8 Å². The third-order valence-electron chi connectivity index (χ3n) is 10.3. The lowest BCUT2D eigenvalue weighted by molar-refractivity contribution is -0.163. The fourth-order valence-corrected chi connectivity index (χ4v) is 7.93. The highest BCUT2D eigenvalue weighted by atomic mass is 16.6. The van der Waals surface area contributed by atoms with Gasteiger partial charge in [0.1, 0.15) is 23.5 Å². The smallest absolute Gasteiger partial charge is 0.313 e. The van der Waals surface area contributed by atoms with Crippen molar-refractivity contribution < 1.29 is 43.2 Å². The van der Waals surface area contributed by atoms with Crippen LogP contribution in [0.5, 0.6) is 5.75 Å². The lowest BCUT2D eigenvalue weighted by atomic mass is 9.70. The SMILES string of the molecule is C=CCCC(=O)N[C@@H](COC)[C@@H](OC(=O)[C@@H]1[C@H]2C(=O)N([C@@H](CC)CO)[C@H](C(=O)N(CC=C)c3ccc(OC)cc3)[C@]23CC[C@H]1O3)c1ccccc1. The summed E-state index contributed by atoms with van der Waals surface area (Å²) >= 11 is 0. The number of aliphatic hydroxyl groups excluding tert-OH is 1. The van der Waals surface area contributed by atoms with Crippen molar-refractivity contribution in [3.8, 4) is 5.75 Å². The molecular weight excluding hydrogens is 654 g/mol. The van der Waals surface area contributed by atoms with Crippen LogP contribution in [0.4, 0.5) is 5.69 Å². The average Bonchev–Trinajstić information content (AvgIpc) is 3.80. The Morgan fingerprint density at radius 1 is 1.12 bits per heavy atom. The Bertz CT molecular complexity index is 1560. The van der Waals surface area contributed by atoms with Gasteiger partial charge in [-0.3, -0.25) is 19.2 Å². The normalized spacial score (nSPS) is 25.0. The maximum Gasteiger partial charge on any atom is 0.313 e. The van der Waals surface area contributed by atoms with Crippen molar-refractivity contribution in [3.63, 3.8) is 0 Å². The van der Waals surface area contributed by atoms with Gasteiger partial charge >= 0.3 is 5.97 Å². The Balaban J connectivity index is 1.51. The highest BCUT2D eigenvalue weighted by molar-refractivity contribution is 6.05. The van der Waals surface area contributed by atoms with E-state index in [0.717, 1.165) is 0 Å². The van der Waals surface area contributed by atoms with E-state index in [4.69, 9.17) is 18.9 Å². The van der Waals surface area contributed by atoms with Crippen LogP contribution >= 0.6 is 0 Å². The summed E-state index contributed by atoms with van der Waals surface area (Å²) in [5, 5.41) is 13.4. The van der Waals surface area contributed by atoms with Crippen molar-refractivity contribution >= 4 is 29.4 Å². The van der Waals surface area contributed by atoms with Crippen molar-refractivity contribution in [3.05, 3.63) is 85.5 Å². The van der Waals surface area contributed by atoms with E-state index in [1.807, 2.05) is 13.0 Å². The van der Waals surface area contributed by atoms with Crippen LogP contribution in [0.3, 0.4) is 0 Å². The number of hydrogen-bond donors (Lipinski definition) is 2. The molecule has 3 heterocycles. The fraction of sp³-hybridized carbons (Fsp3) is 0.487. The minimum atomic E-state index is -1.33. The van der Waals surface area contributed by atoms with Crippen LogP contribution in [0.25, 0.3) is 0 Å². The number of anilines is 1. The largest absolute Gasteiger partial charge is 0.497 e. The molecule has 0 aromatic heterocycles. The Labute approximate surface area is 299 Å². The zero-order valence-corrected chi connectivity index (χ0v) is 29.6. The summed E-state index contributed by atoms with van der Waals surface area (Å²) in [6.07, 6.45) is 3.46. The number of carbonyl (C=O) groups excluding carboxylic acids is 4. The molecule has 51 heavy (non-hydrogen) atoms. The molecule has 3 fully saturated rings. The number of fused-ring (bicyclic) bond motifs is 1. The third kappa shape index (κ3) is 7.31. The molecule has 2 aromatic carbocycles. The number of likely N-dealkylation sites (tertiary alicyclic amines) is 1. The van der Waals surface area contributed by atoms with Gasteiger partial charge in [-0.25, -0.2) is 0 Å². The summed E-state index contributed by atoms with van der Waals surface area (Å²) in [4.78, 5) is 59.7. The summed E-state index contributed by atoms with van der Waals surface area (Å²) in [7, 11) is 3.05. The summed E-state index contributed by atoms with van der Waals surface area (Å²) < 4.78 is 23.7. The minimum Gasteiger partial charge on any atom is -0.497 e. The molecule has 2 aromatic rings. The second kappa shape index (κ2) is 16.7. The summed E-state index contributed by atoms with van der Waals surface area (Å²) in [5.74, 6) is -3.20. The Morgan fingerprint density at radius 2 is 1.84 bits per heavy atom. The molecule has 0 radical (unpaired) electrons. The molecular formula is C39H49N3O9. The third-order valence-corrected chi connectivity index (χ3v) is 10.3. The number of rotatable bonds is 18. The van der Waals surface area contributed by atoms with Gasteiger partial charge in [-0.05, 0) is 55.5 Å². The molecule has 1 spiro atoms. The van der Waals surface area contributed by atoms with Crippen molar-refractivity contribution in [2.75, 3.05) is 38.9 Å². The Kier molecular flexibility index (Phi) is 12.3. The van der Waals surface area contributed by atoms with Gasteiger partial charge in [0.25, 0.3) is 5.91 Å². The van der Waals surface area contributed by atoms with E-state index in [9.17, 15) is 24.3 Å². The zero-order valence-electron chi connectivity index (χ0n) is 29.6. The van der Waals surface area contributed by atoms with E-state index in [2.05, 4.69) is 18.5 Å². The number of amides is 3. The van der Waals surface area contributed by atoms with Crippen molar-refractivity contribution in [2.45, 2.75) is 75.0 Å². The molecule has 3 aliphatic rings. The van der Waals surface area contributed by atoms with Crippen molar-refractivity contribution in [1.82, 2.24) is 10.2 Å². The summed E-state index contributed by atoms with van der Waals surface area (Å²) in [6.45, 7) is 9.20. The van der Waals surface area contributed by atoms with E-state index in [1.54, 1.807) is 67.8 Å². The molecule has 3 saturated heterocycles. The summed E-state index contributed by atoms with van der Waals surface area (Å²) in [5.41, 5.74) is -0.128. The minimum absolute atomic E-state index is 0.0487. The van der Waals surface area contributed by atoms with Gasteiger partial charge in [-0.1, -0.05) is 49.4 Å². The van der Waals surface area contributed by atoms with E-state index in [1.165, 1.54) is 16.9 Å². The molecule has 0 saturated carbocycles. The van der Waals surface area contributed by atoms with Crippen molar-refractivity contribution in [1.29, 1.82) is 0 Å². The number of nitrogens with zero attached hydrogens (tertiary/aromatic N) is 2. The number of hydrogen-bond acceptors (Lipinski definition) is 9. The zero-order chi connectivity index (χ0) is 36.7. The van der Waals surface area contributed by atoms with E-state index < -0.39 is 65.6 Å². The van der Waals surface area contributed by atoms with Gasteiger partial charge in [-0.2, -0.15) is 0 Å². The van der Waals surface area contributed by atoms with Gasteiger partial charge in [0.2, 0.25) is 11.8 Å². The number of esters is 1. The fourth-order valence-electron chi connectivity index (χ4n) is 7.93. The first-order valence-electron chi connectivity index (χ1n) is 17.5. The van der Waals surface area contributed by atoms with Crippen LogP contribution in [0.15, 0.2) is 79.9 Å². The van der Waals surface area contributed by atoms with Crippen LogP contribution in [0.2, 0.25) is 0 Å². The molecule has 2 N–H and O–H groups in total. The topological polar surface area (TPSA) is 144 Å². The standard InChI is InChI=1S/C39H49N3O9/c1-6-9-15-31(44)40-29(24-48-4)34(25-13-11-10-12-14-25)50-38(47)32-30-20-21-39(51-30)33(32)36(45)42(26(8-3)23-43)35(39)37(46)41(22-7-2)27-16-18-28(49-5)19-17-27/h6-7,10-14,16-19,26,29-30,32-35,43H,1-2,8-9,15,20-24H2,3-5H3,(H,40,44)/t26-,29-,30+,32-,33-,34-,35+,39-/m0/s1. The highest BCUT2D eigenvalue weighted by Crippen LogP contribution is 2.59. The molecule has 12 heteroatoms. The number of benzene rings is 2. The van der Waals surface area contributed by atoms with Crippen LogP contribution in [-0.4, -0.2) is 97.5 Å². The number of methoxy groups -OCH3 is 2. The molecule has 12 nitrogen and oxygen atoms in total. The second-order valence-corrected chi connectivity index (χ2v) is 13.2. The lowest BCUT2D eigenvalue weighted by Gasteiger charge is -2.39. The first kappa shape index (κ1) is 37.7. The first-order chi connectivity index (χ1) is 24.7. The molecule has 3 aliphatic heterocycles. The van der Waals surface area contributed by atoms with E-state index >= 15 is 0 Å². The van der Waals surface area contributed by atoms with E-state index in [0.29, 0.717) is 42.7 Å². The van der Waals surface area contributed by atoms with Gasteiger partial charge in [0.15, 0.2) is 0 Å². The number of carbonyl (C=O) groups is 4. The Hall–Kier alpha value is -4.52. The predicted octanol–water partition coefficient (Wildman–Crippen LogP) is 3.74. The van der Waals surface area contributed by atoms with Crippen LogP contribution in [-0.2, 0) is 33.4 Å². The maximum atomic E-state index is 14.8. The number of ether oxygens (including phenoxy) is 4. The van der Waals surface area contributed by atoms with Gasteiger partial charge in [-0.15, -0.1) is 13.2 Å². The molecule has 2 bridgehead atoms. The van der Waals surface area contributed by atoms with E-state index in [-0.39, 0.29) is 32.1 Å². The van der Waals surface area contributed by atoms with Crippen LogP contribution in [0.1, 0.15) is 50.7 Å². The second-order valence-electron chi connectivity index (χ2n) is 13.2. The number of aliphatic hydroxyl groups is 1. The molecule has 8 atom stereocenters. The first-order valence-corrected chi connectivity index (χ1v) is 17.5. The summed E-state index contributed by atoms with van der Waals surface area (Å²) in [6, 6.07) is 13.5. The maximum absolute atomic E-state index is 14.8. The number of allylic oxidation sites excluding steroid dienone is 1. The number of nitrogens with one attached hydrogen (secondary N) is 1. The molecule has 274 valence electrons. The molecule has 3 amide bonds. The lowest BCUT2D eigenvalue weighted by Crippen LogP contribution is -2.59.